The third kappa shape index (κ3) is 2.56. The van der Waals surface area contributed by atoms with Crippen LogP contribution >= 0.6 is 0 Å². The highest BCUT2D eigenvalue weighted by Gasteiger charge is 2.31. The summed E-state index contributed by atoms with van der Waals surface area (Å²) in [5.74, 6) is 0.292. The second kappa shape index (κ2) is 5.44. The minimum atomic E-state index is -0.288. The number of hydrogen-bond donors (Lipinski definition) is 2. The van der Waals surface area contributed by atoms with E-state index in [0.29, 0.717) is 19.0 Å². The number of nitrogens with zero attached hydrogens (tertiary/aromatic N) is 1. The van der Waals surface area contributed by atoms with E-state index >= 15 is 0 Å². The van der Waals surface area contributed by atoms with Crippen molar-refractivity contribution in [2.75, 3.05) is 18.5 Å². The standard InChI is InChI=1S/C14H15N3O3/c15-12-7-19-6-11(12)14(18)17-10-3-1-9(2-4-10)13-5-16-8-20-13/h1-5,8,11-12H,6-7,15H2,(H,17,18). The molecule has 2 aromatic rings. The molecule has 0 saturated carbocycles. The average molecular weight is 273 g/mol. The van der Waals surface area contributed by atoms with Gasteiger partial charge in [-0.05, 0) is 24.3 Å². The van der Waals surface area contributed by atoms with E-state index in [0.717, 1.165) is 11.3 Å². The van der Waals surface area contributed by atoms with E-state index < -0.39 is 0 Å². The molecule has 1 aliphatic rings. The highest BCUT2D eigenvalue weighted by molar-refractivity contribution is 5.93. The first kappa shape index (κ1) is 12.8. The number of carbonyl (C=O) groups excluding carboxylic acids is 1. The zero-order valence-electron chi connectivity index (χ0n) is 10.8. The third-order valence-electron chi connectivity index (χ3n) is 3.33. The number of oxazole rings is 1. The lowest BCUT2D eigenvalue weighted by molar-refractivity contribution is -0.120. The van der Waals surface area contributed by atoms with E-state index in [1.54, 1.807) is 6.20 Å². The van der Waals surface area contributed by atoms with E-state index in [2.05, 4.69) is 10.3 Å². The molecule has 1 aliphatic heterocycles. The van der Waals surface area contributed by atoms with Crippen molar-refractivity contribution in [3.8, 4) is 11.3 Å². The fourth-order valence-electron chi connectivity index (χ4n) is 2.15. The quantitative estimate of drug-likeness (QED) is 0.878. The lowest BCUT2D eigenvalue weighted by Crippen LogP contribution is -2.37. The highest BCUT2D eigenvalue weighted by atomic mass is 16.5. The second-order valence-electron chi connectivity index (χ2n) is 4.74. The molecule has 0 aliphatic carbocycles. The lowest BCUT2D eigenvalue weighted by atomic mass is 10.0. The fraction of sp³-hybridized carbons (Fsp3) is 0.286. The zero-order chi connectivity index (χ0) is 13.9. The van der Waals surface area contributed by atoms with Crippen LogP contribution in [0.2, 0.25) is 0 Å². The Morgan fingerprint density at radius 1 is 1.30 bits per heavy atom. The van der Waals surface area contributed by atoms with E-state index in [9.17, 15) is 4.79 Å². The summed E-state index contributed by atoms with van der Waals surface area (Å²) in [4.78, 5) is 15.9. The number of amides is 1. The topological polar surface area (TPSA) is 90.4 Å². The minimum Gasteiger partial charge on any atom is -0.444 e. The Morgan fingerprint density at radius 3 is 2.70 bits per heavy atom. The number of carbonyl (C=O) groups is 1. The molecule has 3 rings (SSSR count). The Morgan fingerprint density at radius 2 is 2.10 bits per heavy atom. The fourth-order valence-corrected chi connectivity index (χ4v) is 2.15. The molecule has 1 fully saturated rings. The van der Waals surface area contributed by atoms with Crippen molar-refractivity contribution in [1.82, 2.24) is 4.98 Å². The van der Waals surface area contributed by atoms with Gasteiger partial charge in [0.25, 0.3) is 0 Å². The van der Waals surface area contributed by atoms with Crippen LogP contribution in [0.3, 0.4) is 0 Å². The number of aromatic nitrogens is 1. The number of rotatable bonds is 3. The lowest BCUT2D eigenvalue weighted by Gasteiger charge is -2.13. The number of nitrogens with two attached hydrogens (primary N) is 1. The molecular formula is C14H15N3O3. The van der Waals surface area contributed by atoms with Gasteiger partial charge in [-0.25, -0.2) is 4.98 Å². The monoisotopic (exact) mass is 273 g/mol. The molecule has 2 atom stereocenters. The van der Waals surface area contributed by atoms with Crippen LogP contribution in [0.15, 0.2) is 41.3 Å². The van der Waals surface area contributed by atoms with Gasteiger partial charge in [-0.15, -0.1) is 0 Å². The van der Waals surface area contributed by atoms with E-state index in [1.165, 1.54) is 6.39 Å². The summed E-state index contributed by atoms with van der Waals surface area (Å²) in [7, 11) is 0. The molecule has 0 spiro atoms. The molecule has 2 heterocycles. The zero-order valence-corrected chi connectivity index (χ0v) is 10.8. The van der Waals surface area contributed by atoms with Crippen LogP contribution in [0.1, 0.15) is 0 Å². The van der Waals surface area contributed by atoms with Crippen molar-refractivity contribution in [3.05, 3.63) is 36.9 Å². The predicted octanol–water partition coefficient (Wildman–Crippen LogP) is 1.25. The van der Waals surface area contributed by atoms with Crippen molar-refractivity contribution >= 4 is 11.6 Å². The Kier molecular flexibility index (Phi) is 3.49. The molecule has 2 unspecified atom stereocenters. The van der Waals surface area contributed by atoms with Gasteiger partial charge in [-0.1, -0.05) is 0 Å². The third-order valence-corrected chi connectivity index (χ3v) is 3.33. The Bertz CT molecular complexity index is 580. The molecule has 1 saturated heterocycles. The van der Waals surface area contributed by atoms with E-state index in [1.807, 2.05) is 24.3 Å². The van der Waals surface area contributed by atoms with Gasteiger partial charge in [0.05, 0.1) is 25.3 Å². The molecule has 1 amide bonds. The van der Waals surface area contributed by atoms with Crippen LogP contribution in [0.5, 0.6) is 0 Å². The molecule has 1 aromatic carbocycles. The summed E-state index contributed by atoms with van der Waals surface area (Å²) in [6, 6.07) is 7.12. The SMILES string of the molecule is NC1COCC1C(=O)Nc1ccc(-c2cnco2)cc1. The van der Waals surface area contributed by atoms with Crippen molar-refractivity contribution < 1.29 is 13.9 Å². The Balaban J connectivity index is 1.68. The Hall–Kier alpha value is -2.18. The minimum absolute atomic E-state index is 0.109. The first-order valence-electron chi connectivity index (χ1n) is 6.37. The first-order valence-corrected chi connectivity index (χ1v) is 6.37. The number of nitrogens with one attached hydrogen (secondary N) is 1. The summed E-state index contributed by atoms with van der Waals surface area (Å²) < 4.78 is 10.4. The van der Waals surface area contributed by atoms with E-state index in [-0.39, 0.29) is 17.9 Å². The van der Waals surface area contributed by atoms with Crippen LogP contribution < -0.4 is 11.1 Å². The highest BCUT2D eigenvalue weighted by Crippen LogP contribution is 2.21. The van der Waals surface area contributed by atoms with Crippen LogP contribution in [-0.2, 0) is 9.53 Å². The molecule has 6 nitrogen and oxygen atoms in total. The normalized spacial score (nSPS) is 21.9. The van der Waals surface area contributed by atoms with Crippen LogP contribution in [0.4, 0.5) is 5.69 Å². The van der Waals surface area contributed by atoms with Crippen LogP contribution in [0.25, 0.3) is 11.3 Å². The number of hydrogen-bond acceptors (Lipinski definition) is 5. The largest absolute Gasteiger partial charge is 0.444 e. The molecule has 20 heavy (non-hydrogen) atoms. The molecule has 3 N–H and O–H groups in total. The van der Waals surface area contributed by atoms with Crippen LogP contribution in [-0.4, -0.2) is 30.1 Å². The van der Waals surface area contributed by atoms with Gasteiger partial charge in [0, 0.05) is 17.3 Å². The summed E-state index contributed by atoms with van der Waals surface area (Å²) in [5.41, 5.74) is 7.44. The van der Waals surface area contributed by atoms with Gasteiger partial charge < -0.3 is 20.2 Å². The first-order chi connectivity index (χ1) is 9.74. The van der Waals surface area contributed by atoms with Gasteiger partial charge in [0.1, 0.15) is 0 Å². The molecule has 6 heteroatoms. The van der Waals surface area contributed by atoms with Crippen LogP contribution in [0, 0.1) is 5.92 Å². The average Bonchev–Trinajstić information content (AvgIpc) is 3.10. The summed E-state index contributed by atoms with van der Waals surface area (Å²) in [6.45, 7) is 0.811. The summed E-state index contributed by atoms with van der Waals surface area (Å²) >= 11 is 0. The van der Waals surface area contributed by atoms with Gasteiger partial charge in [-0.3, -0.25) is 4.79 Å². The maximum atomic E-state index is 12.0. The van der Waals surface area contributed by atoms with Crippen molar-refractivity contribution in [2.24, 2.45) is 11.7 Å². The molecular weight excluding hydrogens is 258 g/mol. The Labute approximate surface area is 115 Å². The molecule has 104 valence electrons. The van der Waals surface area contributed by atoms with Gasteiger partial charge in [0.2, 0.25) is 5.91 Å². The molecule has 0 radical (unpaired) electrons. The number of ether oxygens (including phenoxy) is 1. The maximum Gasteiger partial charge on any atom is 0.231 e. The maximum absolute atomic E-state index is 12.0. The predicted molar refractivity (Wildman–Crippen MR) is 72.9 cm³/mol. The van der Waals surface area contributed by atoms with Crippen molar-refractivity contribution in [3.63, 3.8) is 0 Å². The smallest absolute Gasteiger partial charge is 0.231 e. The van der Waals surface area contributed by atoms with E-state index in [4.69, 9.17) is 14.9 Å². The number of anilines is 1. The van der Waals surface area contributed by atoms with Gasteiger partial charge in [-0.2, -0.15) is 0 Å². The summed E-state index contributed by atoms with van der Waals surface area (Å²) in [6.07, 6.45) is 3.02. The van der Waals surface area contributed by atoms with Crippen molar-refractivity contribution in [2.45, 2.75) is 6.04 Å². The summed E-state index contributed by atoms with van der Waals surface area (Å²) in [5, 5.41) is 2.84. The molecule has 0 bridgehead atoms. The second-order valence-corrected chi connectivity index (χ2v) is 4.74. The van der Waals surface area contributed by atoms with Gasteiger partial charge in [0.15, 0.2) is 12.2 Å². The van der Waals surface area contributed by atoms with Crippen molar-refractivity contribution in [1.29, 1.82) is 0 Å². The number of benzene rings is 1. The molecule has 1 aromatic heterocycles. The van der Waals surface area contributed by atoms with Gasteiger partial charge >= 0.3 is 0 Å².